The van der Waals surface area contributed by atoms with Crippen LogP contribution in [0, 0.1) is 0 Å². The van der Waals surface area contributed by atoms with Crippen molar-refractivity contribution in [3.8, 4) is 0 Å². The van der Waals surface area contributed by atoms with E-state index in [-0.39, 0.29) is 0 Å². The summed E-state index contributed by atoms with van der Waals surface area (Å²) in [5.74, 6) is 0. The average Bonchev–Trinajstić information content (AvgIpc) is 2.36. The van der Waals surface area contributed by atoms with Crippen LogP contribution >= 0.6 is 11.3 Å². The summed E-state index contributed by atoms with van der Waals surface area (Å²) in [5.41, 5.74) is 2.80. The molecule has 0 spiro atoms. The number of thiazole rings is 1. The van der Waals surface area contributed by atoms with Gasteiger partial charge in [0.1, 0.15) is 0 Å². The lowest BCUT2D eigenvalue weighted by atomic mass is 10.3. The van der Waals surface area contributed by atoms with Gasteiger partial charge in [-0.3, -0.25) is 0 Å². The van der Waals surface area contributed by atoms with Gasteiger partial charge in [-0.25, -0.2) is 4.98 Å². The van der Waals surface area contributed by atoms with Gasteiger partial charge in [-0.05, 0) is 19.1 Å². The minimum Gasteiger partial charge on any atom is -0.245 e. The summed E-state index contributed by atoms with van der Waals surface area (Å²) in [7, 11) is 0. The molecule has 0 amide bonds. The maximum Gasteiger partial charge on any atom is 0.0805 e. The molecule has 0 saturated carbocycles. The Morgan fingerprint density at radius 3 is 3.10 bits per heavy atom. The van der Waals surface area contributed by atoms with Gasteiger partial charge in [0.25, 0.3) is 0 Å². The van der Waals surface area contributed by atoms with Gasteiger partial charge in [0, 0.05) is 0 Å². The van der Waals surface area contributed by atoms with Crippen LogP contribution in [0.2, 0.25) is 0 Å². The van der Waals surface area contributed by atoms with Crippen LogP contribution in [0.15, 0.2) is 18.2 Å². The molecule has 1 rings (SSSR count). The third-order valence-electron chi connectivity index (χ3n) is 1.14. The van der Waals surface area contributed by atoms with Crippen LogP contribution in [0.5, 0.6) is 0 Å². The summed E-state index contributed by atoms with van der Waals surface area (Å²) in [5, 5.41) is 0. The zero-order chi connectivity index (χ0) is 7.40. The first-order valence-corrected chi connectivity index (χ1v) is 3.95. The van der Waals surface area contributed by atoms with E-state index in [1.807, 2.05) is 24.6 Å². The summed E-state index contributed by atoms with van der Waals surface area (Å²) < 4.78 is 0. The van der Waals surface area contributed by atoms with Crippen LogP contribution in [-0.4, -0.2) is 4.98 Å². The maximum atomic E-state index is 4.10. The Morgan fingerprint density at radius 2 is 2.50 bits per heavy atom. The van der Waals surface area contributed by atoms with Crippen molar-refractivity contribution < 1.29 is 0 Å². The summed E-state index contributed by atoms with van der Waals surface area (Å²) >= 11 is 1.63. The Labute approximate surface area is 64.7 Å². The number of aromatic nitrogens is 1. The van der Waals surface area contributed by atoms with Crippen molar-refractivity contribution >= 4 is 23.5 Å². The molecule has 0 N–H and O–H groups in total. The van der Waals surface area contributed by atoms with Crippen LogP contribution in [0.1, 0.15) is 17.5 Å². The number of hydrogen-bond donors (Lipinski definition) is 0. The summed E-state index contributed by atoms with van der Waals surface area (Å²) in [6.45, 7) is 5.65. The molecule has 0 aliphatic rings. The lowest BCUT2D eigenvalue weighted by Crippen LogP contribution is -1.70. The molecule has 1 aromatic rings. The van der Waals surface area contributed by atoms with Gasteiger partial charge in [0.2, 0.25) is 0 Å². The van der Waals surface area contributed by atoms with Gasteiger partial charge < -0.3 is 0 Å². The molecule has 0 aliphatic heterocycles. The van der Waals surface area contributed by atoms with E-state index >= 15 is 0 Å². The molecule has 0 saturated heterocycles. The van der Waals surface area contributed by atoms with Crippen molar-refractivity contribution in [1.82, 2.24) is 4.98 Å². The molecule has 2 heteroatoms. The molecule has 0 aliphatic carbocycles. The van der Waals surface area contributed by atoms with E-state index in [1.165, 1.54) is 4.88 Å². The summed E-state index contributed by atoms with van der Waals surface area (Å²) in [6.07, 6.45) is 5.81. The first-order chi connectivity index (χ1) is 4.88. The van der Waals surface area contributed by atoms with Crippen LogP contribution in [-0.2, 0) is 0 Å². The molecule has 0 atom stereocenters. The predicted octanol–water partition coefficient (Wildman–Crippen LogP) is 2.82. The topological polar surface area (TPSA) is 12.9 Å². The number of nitrogens with zero attached hydrogens (tertiary/aromatic N) is 1. The second-order valence-electron chi connectivity index (χ2n) is 1.81. The first kappa shape index (κ1) is 7.22. The van der Waals surface area contributed by atoms with E-state index < -0.39 is 0 Å². The van der Waals surface area contributed by atoms with E-state index in [9.17, 15) is 0 Å². The Morgan fingerprint density at radius 1 is 1.70 bits per heavy atom. The largest absolute Gasteiger partial charge is 0.245 e. The summed E-state index contributed by atoms with van der Waals surface area (Å²) in [4.78, 5) is 5.28. The SMILES string of the molecule is C=Cc1ncsc1C=CC. The van der Waals surface area contributed by atoms with Gasteiger partial charge in [-0.1, -0.05) is 12.7 Å². The Hall–Kier alpha value is -0.890. The van der Waals surface area contributed by atoms with Crippen molar-refractivity contribution in [2.24, 2.45) is 0 Å². The van der Waals surface area contributed by atoms with Gasteiger partial charge in [-0.2, -0.15) is 0 Å². The molecular formula is C8H9NS. The number of allylic oxidation sites excluding steroid dienone is 1. The predicted molar refractivity (Wildman–Crippen MR) is 46.9 cm³/mol. The Kier molecular flexibility index (Phi) is 2.40. The molecule has 1 nitrogen and oxygen atoms in total. The highest BCUT2D eigenvalue weighted by Crippen LogP contribution is 2.15. The zero-order valence-electron chi connectivity index (χ0n) is 5.87. The molecule has 0 fully saturated rings. The second kappa shape index (κ2) is 3.32. The van der Waals surface area contributed by atoms with Gasteiger partial charge in [0.15, 0.2) is 0 Å². The molecule has 10 heavy (non-hydrogen) atoms. The monoisotopic (exact) mass is 151 g/mol. The normalized spacial score (nSPS) is 10.5. The van der Waals surface area contributed by atoms with Gasteiger partial charge >= 0.3 is 0 Å². The molecular weight excluding hydrogens is 142 g/mol. The molecule has 0 bridgehead atoms. The summed E-state index contributed by atoms with van der Waals surface area (Å²) in [6, 6.07) is 0. The standard InChI is InChI=1S/C8H9NS/c1-3-5-8-7(4-2)9-6-10-8/h3-6H,2H2,1H3. The fourth-order valence-electron chi connectivity index (χ4n) is 0.693. The van der Waals surface area contributed by atoms with Crippen LogP contribution in [0.4, 0.5) is 0 Å². The van der Waals surface area contributed by atoms with Crippen LogP contribution < -0.4 is 0 Å². The average molecular weight is 151 g/mol. The Balaban J connectivity index is 3.00. The van der Waals surface area contributed by atoms with Crippen LogP contribution in [0.25, 0.3) is 12.2 Å². The van der Waals surface area contributed by atoms with E-state index in [2.05, 4.69) is 11.6 Å². The molecule has 1 heterocycles. The number of hydrogen-bond acceptors (Lipinski definition) is 2. The highest BCUT2D eigenvalue weighted by molar-refractivity contribution is 7.10. The Bertz CT molecular complexity index is 248. The van der Waals surface area contributed by atoms with Crippen molar-refractivity contribution in [3.05, 3.63) is 28.7 Å². The van der Waals surface area contributed by atoms with Crippen molar-refractivity contribution in [2.45, 2.75) is 6.92 Å². The molecule has 0 aromatic carbocycles. The minimum atomic E-state index is 0.975. The zero-order valence-corrected chi connectivity index (χ0v) is 6.69. The van der Waals surface area contributed by atoms with Gasteiger partial charge in [0.05, 0.1) is 16.1 Å². The van der Waals surface area contributed by atoms with E-state index in [1.54, 1.807) is 17.4 Å². The fourth-order valence-corrected chi connectivity index (χ4v) is 1.44. The van der Waals surface area contributed by atoms with Gasteiger partial charge in [-0.15, -0.1) is 11.3 Å². The van der Waals surface area contributed by atoms with E-state index in [0.717, 1.165) is 5.69 Å². The lowest BCUT2D eigenvalue weighted by Gasteiger charge is -1.84. The van der Waals surface area contributed by atoms with E-state index in [4.69, 9.17) is 0 Å². The van der Waals surface area contributed by atoms with Crippen molar-refractivity contribution in [3.63, 3.8) is 0 Å². The fraction of sp³-hybridized carbons (Fsp3) is 0.125. The smallest absolute Gasteiger partial charge is 0.0805 e. The quantitative estimate of drug-likeness (QED) is 0.633. The third-order valence-corrected chi connectivity index (χ3v) is 1.95. The first-order valence-electron chi connectivity index (χ1n) is 3.07. The lowest BCUT2D eigenvalue weighted by molar-refractivity contribution is 1.38. The highest BCUT2D eigenvalue weighted by atomic mass is 32.1. The third kappa shape index (κ3) is 1.33. The molecule has 1 aromatic heterocycles. The molecule has 0 unspecified atom stereocenters. The molecule has 52 valence electrons. The van der Waals surface area contributed by atoms with Crippen LogP contribution in [0.3, 0.4) is 0 Å². The van der Waals surface area contributed by atoms with Crippen molar-refractivity contribution in [2.75, 3.05) is 0 Å². The van der Waals surface area contributed by atoms with E-state index in [0.29, 0.717) is 0 Å². The highest BCUT2D eigenvalue weighted by Gasteiger charge is 1.95. The minimum absolute atomic E-state index is 0.975. The second-order valence-corrected chi connectivity index (χ2v) is 2.69. The molecule has 0 radical (unpaired) electrons. The number of rotatable bonds is 2. The van der Waals surface area contributed by atoms with Crippen molar-refractivity contribution in [1.29, 1.82) is 0 Å². The maximum absolute atomic E-state index is 4.10.